The van der Waals surface area contributed by atoms with Gasteiger partial charge in [-0.2, -0.15) is 0 Å². The second-order valence-corrected chi connectivity index (χ2v) is 5.94. The molecule has 0 unspecified atom stereocenters. The largest absolute Gasteiger partial charge is 0.493 e. The first kappa shape index (κ1) is 18.6. The first-order valence-electron chi connectivity index (χ1n) is 8.59. The molecule has 2 aromatic carbocycles. The molecule has 0 aliphatic carbocycles. The first-order valence-corrected chi connectivity index (χ1v) is 8.59. The molecule has 0 saturated carbocycles. The van der Waals surface area contributed by atoms with Gasteiger partial charge in [-0.25, -0.2) is 4.98 Å². The molecule has 0 aliphatic rings. The van der Waals surface area contributed by atoms with Crippen molar-refractivity contribution in [3.63, 3.8) is 0 Å². The number of para-hydroxylation sites is 2. The third-order valence-corrected chi connectivity index (χ3v) is 4.42. The highest BCUT2D eigenvalue weighted by molar-refractivity contribution is 5.98. The van der Waals surface area contributed by atoms with Crippen molar-refractivity contribution in [3.8, 4) is 17.2 Å². The van der Waals surface area contributed by atoms with E-state index in [9.17, 15) is 4.79 Å². The van der Waals surface area contributed by atoms with E-state index in [-0.39, 0.29) is 5.91 Å². The van der Waals surface area contributed by atoms with Gasteiger partial charge in [0.15, 0.2) is 11.5 Å². The van der Waals surface area contributed by atoms with Gasteiger partial charge >= 0.3 is 0 Å². The number of rotatable bonds is 7. The van der Waals surface area contributed by atoms with Crippen LogP contribution in [-0.4, -0.2) is 43.3 Å². The molecule has 7 heteroatoms. The number of aromatic nitrogens is 2. The Bertz CT molecular complexity index is 965. The Hall–Kier alpha value is -3.22. The number of carbonyl (C=O) groups excluding carboxylic acids is 1. The van der Waals surface area contributed by atoms with Crippen LogP contribution in [0.15, 0.2) is 36.4 Å². The number of carbonyl (C=O) groups is 1. The van der Waals surface area contributed by atoms with Gasteiger partial charge in [0.1, 0.15) is 5.82 Å². The van der Waals surface area contributed by atoms with Crippen molar-refractivity contribution in [3.05, 3.63) is 47.8 Å². The predicted molar refractivity (Wildman–Crippen MR) is 103 cm³/mol. The molecule has 3 aromatic rings. The van der Waals surface area contributed by atoms with Crippen LogP contribution in [0.5, 0.6) is 17.2 Å². The summed E-state index contributed by atoms with van der Waals surface area (Å²) < 4.78 is 18.0. The molecule has 142 valence electrons. The molecule has 0 atom stereocenters. The molecule has 0 aliphatic heterocycles. The van der Waals surface area contributed by atoms with Crippen LogP contribution < -0.4 is 19.5 Å². The average molecular weight is 369 g/mol. The van der Waals surface area contributed by atoms with Gasteiger partial charge < -0.3 is 24.1 Å². The van der Waals surface area contributed by atoms with E-state index in [1.54, 1.807) is 12.1 Å². The Morgan fingerprint density at radius 1 is 1.04 bits per heavy atom. The maximum atomic E-state index is 12.7. The number of nitrogens with one attached hydrogen (secondary N) is 1. The number of ether oxygens (including phenoxy) is 3. The standard InChI is InChI=1S/C20H23N3O4/c1-13-22-15-7-5-6-8-16(15)23(13)12-11-21-20(24)14-9-10-17(25-2)19(27-4)18(14)26-3/h5-10H,11-12H2,1-4H3,(H,21,24). The number of methoxy groups -OCH3 is 3. The molecule has 1 aromatic heterocycles. The van der Waals surface area contributed by atoms with Crippen molar-refractivity contribution in [1.29, 1.82) is 0 Å². The third-order valence-electron chi connectivity index (χ3n) is 4.42. The zero-order valence-corrected chi connectivity index (χ0v) is 15.9. The fourth-order valence-corrected chi connectivity index (χ4v) is 3.13. The van der Waals surface area contributed by atoms with Gasteiger partial charge in [0.2, 0.25) is 5.75 Å². The number of fused-ring (bicyclic) bond motifs is 1. The Morgan fingerprint density at radius 3 is 2.48 bits per heavy atom. The molecule has 1 N–H and O–H groups in total. The van der Waals surface area contributed by atoms with E-state index in [4.69, 9.17) is 14.2 Å². The van der Waals surface area contributed by atoms with Gasteiger partial charge in [-0.05, 0) is 31.2 Å². The number of amides is 1. The van der Waals surface area contributed by atoms with Crippen molar-refractivity contribution in [2.45, 2.75) is 13.5 Å². The van der Waals surface area contributed by atoms with Crippen LogP contribution in [0.4, 0.5) is 0 Å². The van der Waals surface area contributed by atoms with Gasteiger partial charge in [0.25, 0.3) is 5.91 Å². The molecule has 1 amide bonds. The monoisotopic (exact) mass is 369 g/mol. The van der Waals surface area contributed by atoms with Gasteiger partial charge in [-0.1, -0.05) is 12.1 Å². The lowest BCUT2D eigenvalue weighted by atomic mass is 10.1. The molecule has 0 spiro atoms. The summed E-state index contributed by atoms with van der Waals surface area (Å²) in [6.07, 6.45) is 0. The van der Waals surface area contributed by atoms with Gasteiger partial charge in [0, 0.05) is 13.1 Å². The molecule has 0 radical (unpaired) electrons. The van der Waals surface area contributed by atoms with Crippen molar-refractivity contribution < 1.29 is 19.0 Å². The Morgan fingerprint density at radius 2 is 1.78 bits per heavy atom. The first-order chi connectivity index (χ1) is 13.1. The predicted octanol–water partition coefficient (Wildman–Crippen LogP) is 2.80. The van der Waals surface area contributed by atoms with E-state index in [2.05, 4.69) is 14.9 Å². The number of aryl methyl sites for hydroxylation is 1. The van der Waals surface area contributed by atoms with E-state index in [0.29, 0.717) is 35.9 Å². The fourth-order valence-electron chi connectivity index (χ4n) is 3.13. The Balaban J connectivity index is 1.75. The topological polar surface area (TPSA) is 74.6 Å². The second kappa shape index (κ2) is 7.99. The number of benzene rings is 2. The molecule has 1 heterocycles. The number of imidazole rings is 1. The lowest BCUT2D eigenvalue weighted by molar-refractivity contribution is 0.0948. The smallest absolute Gasteiger partial charge is 0.255 e. The van der Waals surface area contributed by atoms with Crippen LogP contribution >= 0.6 is 0 Å². The summed E-state index contributed by atoms with van der Waals surface area (Å²) in [5, 5.41) is 2.93. The maximum absolute atomic E-state index is 12.7. The minimum Gasteiger partial charge on any atom is -0.493 e. The fraction of sp³-hybridized carbons (Fsp3) is 0.300. The van der Waals surface area contributed by atoms with Crippen molar-refractivity contribution in [2.75, 3.05) is 27.9 Å². The van der Waals surface area contributed by atoms with Crippen LogP contribution in [0.25, 0.3) is 11.0 Å². The molecule has 0 fully saturated rings. The summed E-state index contributed by atoms with van der Waals surface area (Å²) in [4.78, 5) is 17.2. The molecule has 27 heavy (non-hydrogen) atoms. The average Bonchev–Trinajstić information content (AvgIpc) is 3.01. The summed E-state index contributed by atoms with van der Waals surface area (Å²) >= 11 is 0. The van der Waals surface area contributed by atoms with E-state index in [1.165, 1.54) is 21.3 Å². The highest BCUT2D eigenvalue weighted by Crippen LogP contribution is 2.39. The van der Waals surface area contributed by atoms with Crippen LogP contribution in [0, 0.1) is 6.92 Å². The SMILES string of the molecule is COc1ccc(C(=O)NCCn2c(C)nc3ccccc32)c(OC)c1OC. The minimum atomic E-state index is -0.241. The van der Waals surface area contributed by atoms with E-state index >= 15 is 0 Å². The number of hydrogen-bond acceptors (Lipinski definition) is 5. The molecule has 0 saturated heterocycles. The lowest BCUT2D eigenvalue weighted by Gasteiger charge is -2.15. The van der Waals surface area contributed by atoms with E-state index < -0.39 is 0 Å². The highest BCUT2D eigenvalue weighted by Gasteiger charge is 2.20. The van der Waals surface area contributed by atoms with Gasteiger partial charge in [-0.3, -0.25) is 4.79 Å². The number of nitrogens with zero attached hydrogens (tertiary/aromatic N) is 2. The van der Waals surface area contributed by atoms with Crippen LogP contribution in [0.1, 0.15) is 16.2 Å². The van der Waals surface area contributed by atoms with Crippen LogP contribution in [0.2, 0.25) is 0 Å². The minimum absolute atomic E-state index is 0.241. The second-order valence-electron chi connectivity index (χ2n) is 5.94. The van der Waals surface area contributed by atoms with E-state index in [1.807, 2.05) is 31.2 Å². The quantitative estimate of drug-likeness (QED) is 0.693. The number of hydrogen-bond donors (Lipinski definition) is 1. The Labute approximate surface area is 157 Å². The maximum Gasteiger partial charge on any atom is 0.255 e. The Kier molecular flexibility index (Phi) is 5.49. The van der Waals surface area contributed by atoms with Crippen molar-refractivity contribution in [1.82, 2.24) is 14.9 Å². The van der Waals surface area contributed by atoms with Crippen molar-refractivity contribution >= 4 is 16.9 Å². The third kappa shape index (κ3) is 3.53. The lowest BCUT2D eigenvalue weighted by Crippen LogP contribution is -2.28. The van der Waals surface area contributed by atoms with Crippen molar-refractivity contribution in [2.24, 2.45) is 0 Å². The molecule has 3 rings (SSSR count). The summed E-state index contributed by atoms with van der Waals surface area (Å²) in [6, 6.07) is 11.3. The van der Waals surface area contributed by atoms with Crippen LogP contribution in [-0.2, 0) is 6.54 Å². The van der Waals surface area contributed by atoms with Crippen LogP contribution in [0.3, 0.4) is 0 Å². The summed E-state index contributed by atoms with van der Waals surface area (Å²) in [7, 11) is 4.54. The zero-order chi connectivity index (χ0) is 19.4. The molecule has 7 nitrogen and oxygen atoms in total. The highest BCUT2D eigenvalue weighted by atomic mass is 16.5. The summed E-state index contributed by atoms with van der Waals surface area (Å²) in [6.45, 7) is 3.03. The zero-order valence-electron chi connectivity index (χ0n) is 15.9. The summed E-state index contributed by atoms with van der Waals surface area (Å²) in [5.74, 6) is 1.91. The molecular formula is C20H23N3O4. The van der Waals surface area contributed by atoms with E-state index in [0.717, 1.165) is 16.9 Å². The van der Waals surface area contributed by atoms with Gasteiger partial charge in [0.05, 0.1) is 37.9 Å². The van der Waals surface area contributed by atoms with Gasteiger partial charge in [-0.15, -0.1) is 0 Å². The molecule has 0 bridgehead atoms. The normalized spacial score (nSPS) is 10.7. The molecular weight excluding hydrogens is 346 g/mol. The summed E-state index contributed by atoms with van der Waals surface area (Å²) in [5.41, 5.74) is 2.39.